The minimum absolute atomic E-state index is 0.0517. The SMILES string of the molecule is CC(C#N)C=C(O)c1nccc2ccccc12. The van der Waals surface area contributed by atoms with Gasteiger partial charge in [0, 0.05) is 11.6 Å². The van der Waals surface area contributed by atoms with Crippen LogP contribution in [0.5, 0.6) is 0 Å². The summed E-state index contributed by atoms with van der Waals surface area (Å²) in [6.45, 7) is 1.72. The maximum absolute atomic E-state index is 9.97. The van der Waals surface area contributed by atoms with E-state index in [2.05, 4.69) is 4.98 Å². The molecule has 0 saturated heterocycles. The van der Waals surface area contributed by atoms with Crippen LogP contribution in [0.3, 0.4) is 0 Å². The van der Waals surface area contributed by atoms with E-state index in [4.69, 9.17) is 5.26 Å². The third kappa shape index (κ3) is 2.26. The van der Waals surface area contributed by atoms with E-state index in [0.29, 0.717) is 5.69 Å². The summed E-state index contributed by atoms with van der Waals surface area (Å²) in [5, 5.41) is 20.6. The molecule has 1 heterocycles. The van der Waals surface area contributed by atoms with Gasteiger partial charge in [0.2, 0.25) is 0 Å². The van der Waals surface area contributed by atoms with Crippen LogP contribution in [0.25, 0.3) is 16.5 Å². The zero-order chi connectivity index (χ0) is 12.3. The summed E-state index contributed by atoms with van der Waals surface area (Å²) in [6.07, 6.45) is 3.16. The van der Waals surface area contributed by atoms with E-state index < -0.39 is 0 Å². The molecule has 1 aromatic carbocycles. The Hall–Kier alpha value is -2.34. The lowest BCUT2D eigenvalue weighted by atomic mass is 10.1. The molecule has 0 saturated carbocycles. The number of fused-ring (bicyclic) bond motifs is 1. The molecule has 0 amide bonds. The van der Waals surface area contributed by atoms with Crippen LogP contribution in [0.2, 0.25) is 0 Å². The van der Waals surface area contributed by atoms with Crippen molar-refractivity contribution in [2.75, 3.05) is 0 Å². The zero-order valence-corrected chi connectivity index (χ0v) is 9.46. The molecule has 1 N–H and O–H groups in total. The Morgan fingerprint density at radius 1 is 1.41 bits per heavy atom. The summed E-state index contributed by atoms with van der Waals surface area (Å²) >= 11 is 0. The van der Waals surface area contributed by atoms with Gasteiger partial charge < -0.3 is 5.11 Å². The molecule has 0 aliphatic rings. The van der Waals surface area contributed by atoms with Crippen molar-refractivity contribution in [3.05, 3.63) is 48.3 Å². The van der Waals surface area contributed by atoms with E-state index in [9.17, 15) is 5.11 Å². The fourth-order valence-corrected chi connectivity index (χ4v) is 1.68. The Labute approximate surface area is 99.7 Å². The Kier molecular flexibility index (Phi) is 3.06. The fraction of sp³-hybridized carbons (Fsp3) is 0.143. The van der Waals surface area contributed by atoms with Crippen molar-refractivity contribution < 1.29 is 5.11 Å². The number of aromatic nitrogens is 1. The third-order valence-electron chi connectivity index (χ3n) is 2.53. The standard InChI is InChI=1S/C14H12N2O/c1-10(9-15)8-13(17)14-12-5-3-2-4-11(12)6-7-16-14/h2-8,10,17H,1H3. The summed E-state index contributed by atoms with van der Waals surface area (Å²) < 4.78 is 0. The van der Waals surface area contributed by atoms with Crippen LogP contribution >= 0.6 is 0 Å². The summed E-state index contributed by atoms with van der Waals surface area (Å²) in [5.41, 5.74) is 0.519. The molecule has 0 radical (unpaired) electrons. The number of allylic oxidation sites excluding steroid dienone is 1. The number of nitriles is 1. The van der Waals surface area contributed by atoms with Gasteiger partial charge in [0.1, 0.15) is 11.5 Å². The summed E-state index contributed by atoms with van der Waals surface area (Å²) in [6, 6.07) is 11.6. The van der Waals surface area contributed by atoms with Gasteiger partial charge >= 0.3 is 0 Å². The lowest BCUT2D eigenvalue weighted by molar-refractivity contribution is 0.505. The maximum Gasteiger partial charge on any atom is 0.139 e. The second-order valence-electron chi connectivity index (χ2n) is 3.85. The van der Waals surface area contributed by atoms with Gasteiger partial charge in [-0.15, -0.1) is 0 Å². The fourth-order valence-electron chi connectivity index (χ4n) is 1.68. The first-order valence-electron chi connectivity index (χ1n) is 5.37. The van der Waals surface area contributed by atoms with Gasteiger partial charge in [-0.3, -0.25) is 4.98 Å². The number of pyridine rings is 1. The number of nitrogens with zero attached hydrogens (tertiary/aromatic N) is 2. The largest absolute Gasteiger partial charge is 0.506 e. The Morgan fingerprint density at radius 2 is 2.18 bits per heavy atom. The summed E-state index contributed by atoms with van der Waals surface area (Å²) in [4.78, 5) is 4.17. The van der Waals surface area contributed by atoms with Crippen molar-refractivity contribution in [2.45, 2.75) is 6.92 Å². The van der Waals surface area contributed by atoms with Gasteiger partial charge in [0.25, 0.3) is 0 Å². The lowest BCUT2D eigenvalue weighted by Crippen LogP contribution is -1.93. The number of hydrogen-bond acceptors (Lipinski definition) is 3. The number of aliphatic hydroxyl groups is 1. The maximum atomic E-state index is 9.97. The second kappa shape index (κ2) is 4.67. The van der Waals surface area contributed by atoms with E-state index >= 15 is 0 Å². The minimum atomic E-state index is -0.337. The van der Waals surface area contributed by atoms with E-state index in [-0.39, 0.29) is 11.7 Å². The van der Waals surface area contributed by atoms with Crippen LogP contribution in [0.4, 0.5) is 0 Å². The van der Waals surface area contributed by atoms with E-state index in [1.165, 1.54) is 6.08 Å². The smallest absolute Gasteiger partial charge is 0.139 e. The Morgan fingerprint density at radius 3 is 2.94 bits per heavy atom. The topological polar surface area (TPSA) is 56.9 Å². The molecular formula is C14H12N2O. The number of rotatable bonds is 2. The van der Waals surface area contributed by atoms with Crippen molar-refractivity contribution >= 4 is 16.5 Å². The van der Waals surface area contributed by atoms with Gasteiger partial charge in [-0.05, 0) is 24.5 Å². The predicted octanol–water partition coefficient (Wildman–Crippen LogP) is 3.29. The van der Waals surface area contributed by atoms with Gasteiger partial charge in [-0.1, -0.05) is 24.3 Å². The molecule has 0 bridgehead atoms. The van der Waals surface area contributed by atoms with Gasteiger partial charge in [-0.2, -0.15) is 5.26 Å². The normalized spacial score (nSPS) is 13.3. The lowest BCUT2D eigenvalue weighted by Gasteiger charge is -2.05. The Balaban J connectivity index is 2.57. The minimum Gasteiger partial charge on any atom is -0.506 e. The first-order valence-corrected chi connectivity index (χ1v) is 5.37. The molecule has 0 fully saturated rings. The highest BCUT2D eigenvalue weighted by molar-refractivity contribution is 5.90. The van der Waals surface area contributed by atoms with Crippen LogP contribution in [0.15, 0.2) is 42.6 Å². The second-order valence-corrected chi connectivity index (χ2v) is 3.85. The summed E-state index contributed by atoms with van der Waals surface area (Å²) in [7, 11) is 0. The van der Waals surface area contributed by atoms with E-state index in [0.717, 1.165) is 10.8 Å². The van der Waals surface area contributed by atoms with Gasteiger partial charge in [0.15, 0.2) is 0 Å². The molecule has 17 heavy (non-hydrogen) atoms. The van der Waals surface area contributed by atoms with Crippen LogP contribution in [-0.2, 0) is 0 Å². The van der Waals surface area contributed by atoms with Crippen LogP contribution in [-0.4, -0.2) is 10.1 Å². The predicted molar refractivity (Wildman–Crippen MR) is 67.1 cm³/mol. The van der Waals surface area contributed by atoms with Gasteiger partial charge in [-0.25, -0.2) is 0 Å². The monoisotopic (exact) mass is 224 g/mol. The molecule has 2 aromatic rings. The highest BCUT2D eigenvalue weighted by Gasteiger charge is 2.07. The van der Waals surface area contributed by atoms with Crippen molar-refractivity contribution in [2.24, 2.45) is 5.92 Å². The first kappa shape index (κ1) is 11.2. The van der Waals surface area contributed by atoms with Crippen LogP contribution in [0, 0.1) is 17.2 Å². The number of aliphatic hydroxyl groups excluding tert-OH is 1. The molecule has 0 spiro atoms. The molecule has 0 aliphatic heterocycles. The highest BCUT2D eigenvalue weighted by atomic mass is 16.3. The molecule has 3 heteroatoms. The van der Waals surface area contributed by atoms with Crippen LogP contribution in [0.1, 0.15) is 12.6 Å². The average Bonchev–Trinajstić information content (AvgIpc) is 2.37. The molecule has 1 atom stereocenters. The number of benzene rings is 1. The molecule has 1 aromatic heterocycles. The quantitative estimate of drug-likeness (QED) is 0.796. The Bertz CT molecular complexity index is 606. The molecule has 2 rings (SSSR count). The zero-order valence-electron chi connectivity index (χ0n) is 9.46. The first-order chi connectivity index (χ1) is 8.22. The van der Waals surface area contributed by atoms with Crippen molar-refractivity contribution in [3.8, 4) is 6.07 Å². The van der Waals surface area contributed by atoms with E-state index in [1.807, 2.05) is 36.4 Å². The van der Waals surface area contributed by atoms with Gasteiger partial charge in [0.05, 0.1) is 12.0 Å². The molecule has 1 unspecified atom stereocenters. The highest BCUT2D eigenvalue weighted by Crippen LogP contribution is 2.22. The molecule has 3 nitrogen and oxygen atoms in total. The summed E-state index contributed by atoms with van der Waals surface area (Å²) in [5.74, 6) is -0.286. The molecule has 0 aliphatic carbocycles. The van der Waals surface area contributed by atoms with Crippen molar-refractivity contribution in [1.82, 2.24) is 4.98 Å². The third-order valence-corrected chi connectivity index (χ3v) is 2.53. The molecular weight excluding hydrogens is 212 g/mol. The van der Waals surface area contributed by atoms with Crippen molar-refractivity contribution in [1.29, 1.82) is 5.26 Å². The average molecular weight is 224 g/mol. The van der Waals surface area contributed by atoms with Crippen molar-refractivity contribution in [3.63, 3.8) is 0 Å². The molecule has 84 valence electrons. The number of hydrogen-bond donors (Lipinski definition) is 1. The van der Waals surface area contributed by atoms with Crippen LogP contribution < -0.4 is 0 Å². The van der Waals surface area contributed by atoms with E-state index in [1.54, 1.807) is 13.1 Å².